The molecule has 0 amide bonds. The molecule has 0 N–H and O–H groups in total. The van der Waals surface area contributed by atoms with E-state index in [0.29, 0.717) is 5.92 Å². The average molecular weight is 301 g/mol. The summed E-state index contributed by atoms with van der Waals surface area (Å²) in [5.74, 6) is 1.45. The quantitative estimate of drug-likeness (QED) is 0.743. The number of fused-ring (bicyclic) bond motifs is 1. The molecule has 0 radical (unpaired) electrons. The van der Waals surface area contributed by atoms with E-state index in [0.717, 1.165) is 29.4 Å². The number of likely N-dealkylation sites (N-methyl/N-ethyl adjacent to an activating group) is 1. The molecule has 1 atom stereocenters. The van der Waals surface area contributed by atoms with Gasteiger partial charge in [0.05, 0.1) is 10.7 Å². The van der Waals surface area contributed by atoms with Crippen LogP contribution < -0.4 is 4.90 Å². The Morgan fingerprint density at radius 2 is 2.10 bits per heavy atom. The van der Waals surface area contributed by atoms with Crippen molar-refractivity contribution in [2.75, 3.05) is 18.5 Å². The molecule has 3 heterocycles. The van der Waals surface area contributed by atoms with E-state index in [2.05, 4.69) is 40.0 Å². The molecular formula is C15H19N5S. The highest BCUT2D eigenvalue weighted by molar-refractivity contribution is 7.09. The van der Waals surface area contributed by atoms with E-state index in [1.807, 2.05) is 36.0 Å². The first kappa shape index (κ1) is 14.0. The first-order valence-electron chi connectivity index (χ1n) is 6.99. The number of anilines is 1. The third kappa shape index (κ3) is 2.76. The molecule has 0 aliphatic carbocycles. The lowest BCUT2D eigenvalue weighted by Gasteiger charge is -2.23. The molecular weight excluding hydrogens is 282 g/mol. The summed E-state index contributed by atoms with van der Waals surface area (Å²) in [6, 6.07) is 4.09. The number of aryl methyl sites for hydroxylation is 2. The van der Waals surface area contributed by atoms with Crippen LogP contribution in [-0.4, -0.2) is 33.2 Å². The van der Waals surface area contributed by atoms with Gasteiger partial charge in [0.15, 0.2) is 5.65 Å². The number of nitrogens with zero attached hydrogens (tertiary/aromatic N) is 5. The first-order chi connectivity index (χ1) is 10.0. The Labute approximate surface area is 128 Å². The van der Waals surface area contributed by atoms with E-state index in [-0.39, 0.29) is 0 Å². The Morgan fingerprint density at radius 1 is 1.29 bits per heavy atom. The summed E-state index contributed by atoms with van der Waals surface area (Å²) in [5, 5.41) is 7.74. The van der Waals surface area contributed by atoms with Crippen LogP contribution in [0, 0.1) is 13.8 Å². The van der Waals surface area contributed by atoms with E-state index in [9.17, 15) is 0 Å². The van der Waals surface area contributed by atoms with Gasteiger partial charge in [-0.1, -0.05) is 6.92 Å². The summed E-state index contributed by atoms with van der Waals surface area (Å²) in [7, 11) is 2.09. The van der Waals surface area contributed by atoms with E-state index < -0.39 is 0 Å². The van der Waals surface area contributed by atoms with Gasteiger partial charge in [0.2, 0.25) is 0 Å². The van der Waals surface area contributed by atoms with Gasteiger partial charge in [0.25, 0.3) is 0 Å². The fourth-order valence-electron chi connectivity index (χ4n) is 2.53. The minimum atomic E-state index is 0.384. The van der Waals surface area contributed by atoms with Crippen molar-refractivity contribution in [2.24, 2.45) is 0 Å². The van der Waals surface area contributed by atoms with Gasteiger partial charge in [-0.25, -0.2) is 9.97 Å². The van der Waals surface area contributed by atoms with Crippen LogP contribution in [0.2, 0.25) is 0 Å². The molecule has 110 valence electrons. The van der Waals surface area contributed by atoms with Gasteiger partial charge in [-0.05, 0) is 13.8 Å². The minimum absolute atomic E-state index is 0.384. The summed E-state index contributed by atoms with van der Waals surface area (Å²) >= 11 is 1.71. The summed E-state index contributed by atoms with van der Waals surface area (Å²) in [6.45, 7) is 7.11. The highest BCUT2D eigenvalue weighted by atomic mass is 32.1. The molecule has 0 aromatic carbocycles. The van der Waals surface area contributed by atoms with Crippen molar-refractivity contribution in [3.05, 3.63) is 40.1 Å². The molecule has 0 saturated carbocycles. The summed E-state index contributed by atoms with van der Waals surface area (Å²) in [5.41, 5.74) is 2.89. The Hall–Kier alpha value is -1.95. The second kappa shape index (κ2) is 5.44. The summed E-state index contributed by atoms with van der Waals surface area (Å²) in [4.78, 5) is 11.2. The van der Waals surface area contributed by atoms with Crippen LogP contribution in [-0.2, 0) is 0 Å². The van der Waals surface area contributed by atoms with Crippen molar-refractivity contribution in [1.82, 2.24) is 19.6 Å². The molecule has 3 rings (SSSR count). The van der Waals surface area contributed by atoms with Gasteiger partial charge >= 0.3 is 0 Å². The Bertz CT molecular complexity index is 747. The van der Waals surface area contributed by atoms with Gasteiger partial charge in [0.1, 0.15) is 5.82 Å². The largest absolute Gasteiger partial charge is 0.359 e. The third-order valence-corrected chi connectivity index (χ3v) is 4.48. The van der Waals surface area contributed by atoms with Crippen LogP contribution in [0.4, 0.5) is 5.82 Å². The maximum absolute atomic E-state index is 4.54. The highest BCUT2D eigenvalue weighted by Gasteiger charge is 2.15. The van der Waals surface area contributed by atoms with Crippen molar-refractivity contribution in [1.29, 1.82) is 0 Å². The fraction of sp³-hybridized carbons (Fsp3) is 0.400. The monoisotopic (exact) mass is 301 g/mol. The Morgan fingerprint density at radius 3 is 2.81 bits per heavy atom. The minimum Gasteiger partial charge on any atom is -0.359 e. The van der Waals surface area contributed by atoms with Gasteiger partial charge in [0, 0.05) is 48.9 Å². The molecule has 3 aromatic heterocycles. The van der Waals surface area contributed by atoms with Crippen LogP contribution in [0.3, 0.4) is 0 Å². The number of aromatic nitrogens is 4. The molecule has 0 aliphatic heterocycles. The van der Waals surface area contributed by atoms with Gasteiger partial charge < -0.3 is 4.90 Å². The molecule has 5 nitrogen and oxygen atoms in total. The van der Waals surface area contributed by atoms with E-state index in [1.54, 1.807) is 11.3 Å². The Kier molecular flexibility index (Phi) is 3.63. The van der Waals surface area contributed by atoms with Crippen LogP contribution >= 0.6 is 11.3 Å². The third-order valence-electron chi connectivity index (χ3n) is 3.47. The summed E-state index contributed by atoms with van der Waals surface area (Å²) in [6.07, 6.45) is 1.86. The molecule has 1 unspecified atom stereocenters. The van der Waals surface area contributed by atoms with Crippen LogP contribution in [0.15, 0.2) is 23.7 Å². The molecule has 3 aromatic rings. The second-order valence-corrected chi connectivity index (χ2v) is 6.39. The molecule has 6 heteroatoms. The van der Waals surface area contributed by atoms with E-state index >= 15 is 0 Å². The zero-order chi connectivity index (χ0) is 15.0. The zero-order valence-electron chi connectivity index (χ0n) is 12.7. The molecule has 0 bridgehead atoms. The number of hydrogen-bond acceptors (Lipinski definition) is 5. The number of rotatable bonds is 4. The molecule has 0 aliphatic rings. The molecule has 0 fully saturated rings. The molecule has 0 saturated heterocycles. The lowest BCUT2D eigenvalue weighted by molar-refractivity contribution is 0.708. The van der Waals surface area contributed by atoms with Gasteiger partial charge in [-0.3, -0.25) is 0 Å². The first-order valence-corrected chi connectivity index (χ1v) is 7.87. The Balaban J connectivity index is 1.92. The zero-order valence-corrected chi connectivity index (χ0v) is 13.6. The lowest BCUT2D eigenvalue weighted by atomic mass is 10.2. The maximum Gasteiger partial charge on any atom is 0.157 e. The van der Waals surface area contributed by atoms with Crippen LogP contribution in [0.1, 0.15) is 29.2 Å². The topological polar surface area (TPSA) is 46.3 Å². The van der Waals surface area contributed by atoms with Crippen molar-refractivity contribution in [3.8, 4) is 0 Å². The summed E-state index contributed by atoms with van der Waals surface area (Å²) < 4.78 is 1.91. The normalized spacial score (nSPS) is 12.8. The predicted octanol–water partition coefficient (Wildman–Crippen LogP) is 3.04. The van der Waals surface area contributed by atoms with E-state index in [1.165, 1.54) is 5.01 Å². The predicted molar refractivity (Wildman–Crippen MR) is 86.3 cm³/mol. The van der Waals surface area contributed by atoms with Crippen molar-refractivity contribution >= 4 is 22.8 Å². The van der Waals surface area contributed by atoms with Crippen LogP contribution in [0.5, 0.6) is 0 Å². The maximum atomic E-state index is 4.54. The number of hydrogen-bond donors (Lipinski definition) is 0. The van der Waals surface area contributed by atoms with Crippen molar-refractivity contribution in [2.45, 2.75) is 26.7 Å². The SMILES string of the molecule is Cc1cc(N(C)CC(C)c2nccs2)n2nc(C)cc2n1. The lowest BCUT2D eigenvalue weighted by Crippen LogP contribution is -2.25. The molecule has 21 heavy (non-hydrogen) atoms. The molecule has 0 spiro atoms. The highest BCUT2D eigenvalue weighted by Crippen LogP contribution is 2.22. The second-order valence-electron chi connectivity index (χ2n) is 5.46. The van der Waals surface area contributed by atoms with Crippen LogP contribution in [0.25, 0.3) is 5.65 Å². The standard InChI is InChI=1S/C15H19N5S/c1-10(15-16-5-6-21-15)9-19(4)14-8-11(2)17-13-7-12(3)18-20(13)14/h5-8,10H,9H2,1-4H3. The van der Waals surface area contributed by atoms with Crippen molar-refractivity contribution < 1.29 is 0 Å². The fourth-order valence-corrected chi connectivity index (χ4v) is 3.22. The number of thiazole rings is 1. The van der Waals surface area contributed by atoms with Gasteiger partial charge in [-0.15, -0.1) is 11.3 Å². The smallest absolute Gasteiger partial charge is 0.157 e. The average Bonchev–Trinajstić information content (AvgIpc) is 3.05. The van der Waals surface area contributed by atoms with Gasteiger partial charge in [-0.2, -0.15) is 9.61 Å². The van der Waals surface area contributed by atoms with Crippen molar-refractivity contribution in [3.63, 3.8) is 0 Å². The van der Waals surface area contributed by atoms with E-state index in [4.69, 9.17) is 0 Å².